The largest absolute Gasteiger partial charge is 0.472 e. The number of nitrogens with one attached hydrogen (secondary N) is 1. The second kappa shape index (κ2) is 5.14. The lowest BCUT2D eigenvalue weighted by Gasteiger charge is -2.27. The molecule has 1 saturated heterocycles. The molecule has 0 spiro atoms. The van der Waals surface area contributed by atoms with Crippen molar-refractivity contribution in [3.05, 3.63) is 24.2 Å². The number of carbonyl (C=O) groups excluding carboxylic acids is 1. The van der Waals surface area contributed by atoms with Crippen LogP contribution >= 0.6 is 0 Å². The highest BCUT2D eigenvalue weighted by atomic mass is 16.5. The number of nitrogens with zero attached hydrogens (tertiary/aromatic N) is 1. The van der Waals surface area contributed by atoms with Gasteiger partial charge in [0, 0.05) is 25.7 Å². The Labute approximate surface area is 94.4 Å². The number of likely N-dealkylation sites (N-methyl/N-ethyl adjacent to an activating group) is 1. The molecule has 88 valence electrons. The molecule has 1 fully saturated rings. The van der Waals surface area contributed by atoms with E-state index < -0.39 is 0 Å². The van der Waals surface area contributed by atoms with Crippen LogP contribution in [0, 0.1) is 0 Å². The van der Waals surface area contributed by atoms with Crippen molar-refractivity contribution >= 4 is 5.91 Å². The molecule has 0 radical (unpaired) electrons. The molecular formula is C11H16N2O3. The van der Waals surface area contributed by atoms with Crippen molar-refractivity contribution in [3.63, 3.8) is 0 Å². The fourth-order valence-electron chi connectivity index (χ4n) is 1.72. The van der Waals surface area contributed by atoms with Crippen molar-refractivity contribution in [1.82, 2.24) is 10.2 Å². The Balaban J connectivity index is 1.88. The maximum Gasteiger partial charge on any atom is 0.242 e. The number of ether oxygens (including phenoxy) is 1. The summed E-state index contributed by atoms with van der Waals surface area (Å²) in [6, 6.07) is 1.64. The molecular weight excluding hydrogens is 208 g/mol. The molecule has 1 aliphatic rings. The smallest absolute Gasteiger partial charge is 0.242 e. The highest BCUT2D eigenvalue weighted by Gasteiger charge is 2.24. The Morgan fingerprint density at radius 3 is 3.19 bits per heavy atom. The summed E-state index contributed by atoms with van der Waals surface area (Å²) in [6.07, 6.45) is 3.25. The Hall–Kier alpha value is -1.33. The lowest BCUT2D eigenvalue weighted by molar-refractivity contribution is -0.135. The summed E-state index contributed by atoms with van der Waals surface area (Å²) in [5.74, 6) is 0.0564. The quantitative estimate of drug-likeness (QED) is 0.798. The zero-order chi connectivity index (χ0) is 11.4. The van der Waals surface area contributed by atoms with Crippen LogP contribution in [0.3, 0.4) is 0 Å². The van der Waals surface area contributed by atoms with Crippen LogP contribution in [0.5, 0.6) is 0 Å². The van der Waals surface area contributed by atoms with Crippen LogP contribution in [0.1, 0.15) is 5.56 Å². The number of amides is 1. The zero-order valence-corrected chi connectivity index (χ0v) is 9.31. The van der Waals surface area contributed by atoms with E-state index in [0.717, 1.165) is 12.1 Å². The van der Waals surface area contributed by atoms with Gasteiger partial charge < -0.3 is 19.4 Å². The normalized spacial score (nSPS) is 20.7. The molecule has 1 N–H and O–H groups in total. The maximum atomic E-state index is 12.0. The van der Waals surface area contributed by atoms with Gasteiger partial charge in [0.25, 0.3) is 0 Å². The molecule has 2 heterocycles. The lowest BCUT2D eigenvalue weighted by Crippen LogP contribution is -2.51. The third-order valence-corrected chi connectivity index (χ3v) is 2.60. The molecule has 1 aliphatic heterocycles. The van der Waals surface area contributed by atoms with Gasteiger partial charge in [-0.3, -0.25) is 4.79 Å². The fraction of sp³-hybridized carbons (Fsp3) is 0.545. The minimum Gasteiger partial charge on any atom is -0.472 e. The maximum absolute atomic E-state index is 12.0. The van der Waals surface area contributed by atoms with Gasteiger partial charge in [0.05, 0.1) is 25.7 Å². The minimum atomic E-state index is -0.217. The standard InChI is InChI=1S/C11H16N2O3/c1-13(6-9-2-4-15-7-9)11(14)10-8-16-5-3-12-10/h2,4,7,10,12H,3,5-6,8H2,1H3. The number of furan rings is 1. The average molecular weight is 224 g/mol. The van der Waals surface area contributed by atoms with E-state index in [1.54, 1.807) is 24.5 Å². The molecule has 0 bridgehead atoms. The third-order valence-electron chi connectivity index (χ3n) is 2.60. The van der Waals surface area contributed by atoms with Crippen molar-refractivity contribution in [2.24, 2.45) is 0 Å². The van der Waals surface area contributed by atoms with Crippen LogP contribution in [0.15, 0.2) is 23.0 Å². The van der Waals surface area contributed by atoms with Gasteiger partial charge in [-0.2, -0.15) is 0 Å². The van der Waals surface area contributed by atoms with Gasteiger partial charge in [0.2, 0.25) is 5.91 Å². The van der Waals surface area contributed by atoms with Crippen LogP contribution in [0.25, 0.3) is 0 Å². The first-order valence-electron chi connectivity index (χ1n) is 5.34. The van der Waals surface area contributed by atoms with Gasteiger partial charge in [-0.15, -0.1) is 0 Å². The Morgan fingerprint density at radius 2 is 2.56 bits per heavy atom. The van der Waals surface area contributed by atoms with Crippen LogP contribution in [0.2, 0.25) is 0 Å². The van der Waals surface area contributed by atoms with Gasteiger partial charge in [0.1, 0.15) is 6.04 Å². The molecule has 1 aromatic rings. The summed E-state index contributed by atoms with van der Waals surface area (Å²) in [5.41, 5.74) is 0.993. The van der Waals surface area contributed by atoms with E-state index in [-0.39, 0.29) is 11.9 Å². The van der Waals surface area contributed by atoms with E-state index in [4.69, 9.17) is 9.15 Å². The molecule has 1 atom stereocenters. The van der Waals surface area contributed by atoms with E-state index in [0.29, 0.717) is 19.8 Å². The van der Waals surface area contributed by atoms with E-state index in [1.807, 2.05) is 6.07 Å². The summed E-state index contributed by atoms with van der Waals surface area (Å²) in [4.78, 5) is 13.7. The molecule has 1 unspecified atom stereocenters. The van der Waals surface area contributed by atoms with Crippen molar-refractivity contribution in [3.8, 4) is 0 Å². The molecule has 2 rings (SSSR count). The lowest BCUT2D eigenvalue weighted by atomic mass is 10.2. The monoisotopic (exact) mass is 224 g/mol. The number of morpholine rings is 1. The molecule has 0 aliphatic carbocycles. The number of carbonyl (C=O) groups is 1. The summed E-state index contributed by atoms with van der Waals surface area (Å²) < 4.78 is 10.2. The zero-order valence-electron chi connectivity index (χ0n) is 9.31. The third kappa shape index (κ3) is 2.62. The minimum absolute atomic E-state index is 0.0564. The first-order valence-corrected chi connectivity index (χ1v) is 5.34. The molecule has 5 heteroatoms. The van der Waals surface area contributed by atoms with Crippen LogP contribution in [-0.2, 0) is 16.1 Å². The van der Waals surface area contributed by atoms with E-state index in [9.17, 15) is 4.79 Å². The first-order chi connectivity index (χ1) is 7.77. The van der Waals surface area contributed by atoms with Crippen molar-refractivity contribution in [1.29, 1.82) is 0 Å². The van der Waals surface area contributed by atoms with E-state index in [2.05, 4.69) is 5.32 Å². The van der Waals surface area contributed by atoms with Crippen LogP contribution in [-0.4, -0.2) is 43.7 Å². The molecule has 1 amide bonds. The van der Waals surface area contributed by atoms with E-state index >= 15 is 0 Å². The van der Waals surface area contributed by atoms with Crippen molar-refractivity contribution in [2.45, 2.75) is 12.6 Å². The summed E-state index contributed by atoms with van der Waals surface area (Å²) in [7, 11) is 1.78. The van der Waals surface area contributed by atoms with Gasteiger partial charge in [0.15, 0.2) is 0 Å². The molecule has 0 saturated carbocycles. The highest BCUT2D eigenvalue weighted by molar-refractivity contribution is 5.81. The SMILES string of the molecule is CN(Cc1ccoc1)C(=O)C1COCCN1. The predicted octanol–water partition coefficient (Wildman–Crippen LogP) is 0.226. The average Bonchev–Trinajstić information content (AvgIpc) is 2.82. The fourth-order valence-corrected chi connectivity index (χ4v) is 1.72. The van der Waals surface area contributed by atoms with Crippen LogP contribution < -0.4 is 5.32 Å². The van der Waals surface area contributed by atoms with Gasteiger partial charge >= 0.3 is 0 Å². The Morgan fingerprint density at radius 1 is 1.69 bits per heavy atom. The summed E-state index contributed by atoms with van der Waals surface area (Å²) in [5, 5.41) is 3.14. The van der Waals surface area contributed by atoms with Gasteiger partial charge in [-0.25, -0.2) is 0 Å². The topological polar surface area (TPSA) is 54.7 Å². The molecule has 16 heavy (non-hydrogen) atoms. The second-order valence-corrected chi connectivity index (χ2v) is 3.91. The van der Waals surface area contributed by atoms with Gasteiger partial charge in [-0.05, 0) is 6.07 Å². The Bertz CT molecular complexity index is 331. The van der Waals surface area contributed by atoms with Crippen LogP contribution in [0.4, 0.5) is 0 Å². The van der Waals surface area contributed by atoms with E-state index in [1.165, 1.54) is 0 Å². The van der Waals surface area contributed by atoms with Crippen molar-refractivity contribution < 1.29 is 13.9 Å². The van der Waals surface area contributed by atoms with Gasteiger partial charge in [-0.1, -0.05) is 0 Å². The highest BCUT2D eigenvalue weighted by Crippen LogP contribution is 2.06. The number of rotatable bonds is 3. The molecule has 0 aromatic carbocycles. The second-order valence-electron chi connectivity index (χ2n) is 3.91. The van der Waals surface area contributed by atoms with Crippen molar-refractivity contribution in [2.75, 3.05) is 26.8 Å². The Kier molecular flexibility index (Phi) is 3.58. The molecule has 1 aromatic heterocycles. The number of hydrogen-bond donors (Lipinski definition) is 1. The predicted molar refractivity (Wildman–Crippen MR) is 57.8 cm³/mol. The summed E-state index contributed by atoms with van der Waals surface area (Å²) in [6.45, 7) is 2.42. The summed E-state index contributed by atoms with van der Waals surface area (Å²) >= 11 is 0. The molecule has 5 nitrogen and oxygen atoms in total. The number of hydrogen-bond acceptors (Lipinski definition) is 4. The first kappa shape index (κ1) is 11.2.